The van der Waals surface area contributed by atoms with Crippen LogP contribution in [0, 0.1) is 17.8 Å². The Labute approximate surface area is 255 Å². The predicted octanol–water partition coefficient (Wildman–Crippen LogP) is 8.37. The average Bonchev–Trinajstić information content (AvgIpc) is 3.05. The van der Waals surface area contributed by atoms with E-state index in [0.717, 1.165) is 18.4 Å². The first-order valence-corrected chi connectivity index (χ1v) is 14.9. The Kier molecular flexibility index (Phi) is 13.3. The van der Waals surface area contributed by atoms with Gasteiger partial charge < -0.3 is 9.57 Å². The molecule has 0 radical (unpaired) electrons. The molecule has 0 bridgehead atoms. The van der Waals surface area contributed by atoms with Crippen molar-refractivity contribution < 1.29 is 24.0 Å². The summed E-state index contributed by atoms with van der Waals surface area (Å²) < 4.78 is 5.79. The van der Waals surface area contributed by atoms with E-state index >= 15 is 0 Å². The maximum absolute atomic E-state index is 13.5. The lowest BCUT2D eigenvalue weighted by Crippen LogP contribution is -2.28. The highest BCUT2D eigenvalue weighted by molar-refractivity contribution is 6.09. The zero-order valence-corrected chi connectivity index (χ0v) is 25.3. The van der Waals surface area contributed by atoms with Crippen LogP contribution in [0.1, 0.15) is 74.4 Å². The van der Waals surface area contributed by atoms with Gasteiger partial charge in [0.15, 0.2) is 5.78 Å². The number of nitrogens with zero attached hydrogens (tertiary/aromatic N) is 1. The van der Waals surface area contributed by atoms with Gasteiger partial charge in [-0.05, 0) is 74.8 Å². The quantitative estimate of drug-likeness (QED) is 0.0324. The maximum atomic E-state index is 13.5. The highest BCUT2D eigenvalue weighted by Gasteiger charge is 2.30. The van der Waals surface area contributed by atoms with Gasteiger partial charge in [-0.3, -0.25) is 9.59 Å². The molecular formula is C37H41NO5. The van der Waals surface area contributed by atoms with Gasteiger partial charge in [-0.15, -0.1) is 6.58 Å². The van der Waals surface area contributed by atoms with Crippen LogP contribution in [0.25, 0.3) is 0 Å². The van der Waals surface area contributed by atoms with Crippen molar-refractivity contribution in [3.8, 4) is 5.75 Å². The van der Waals surface area contributed by atoms with Crippen LogP contribution in [0.5, 0.6) is 5.75 Å². The van der Waals surface area contributed by atoms with E-state index < -0.39 is 23.8 Å². The zero-order chi connectivity index (χ0) is 31.0. The van der Waals surface area contributed by atoms with Crippen LogP contribution in [-0.4, -0.2) is 23.4 Å². The van der Waals surface area contributed by atoms with E-state index in [1.54, 1.807) is 43.3 Å². The zero-order valence-electron chi connectivity index (χ0n) is 25.3. The summed E-state index contributed by atoms with van der Waals surface area (Å²) in [6.45, 7) is 9.71. The first-order valence-electron chi connectivity index (χ1n) is 14.9. The summed E-state index contributed by atoms with van der Waals surface area (Å²) in [6, 6.07) is 25.0. The minimum Gasteiger partial charge on any atom is -0.426 e. The lowest BCUT2D eigenvalue weighted by Gasteiger charge is -2.23. The van der Waals surface area contributed by atoms with E-state index in [0.29, 0.717) is 35.4 Å². The Morgan fingerprint density at radius 1 is 0.767 bits per heavy atom. The number of ether oxygens (including phenoxy) is 1. The number of esters is 1. The van der Waals surface area contributed by atoms with Gasteiger partial charge in [-0.25, -0.2) is 4.79 Å². The van der Waals surface area contributed by atoms with Crippen LogP contribution < -0.4 is 4.74 Å². The Balaban J connectivity index is 1.74. The number of hydrogen-bond donors (Lipinski definition) is 0. The second kappa shape index (κ2) is 17.4. The third-order valence-corrected chi connectivity index (χ3v) is 7.33. The van der Waals surface area contributed by atoms with Crippen molar-refractivity contribution in [2.45, 2.75) is 52.9 Å². The van der Waals surface area contributed by atoms with Crippen molar-refractivity contribution in [1.82, 2.24) is 0 Å². The normalized spacial score (nSPS) is 13.6. The van der Waals surface area contributed by atoms with Gasteiger partial charge in [-0.1, -0.05) is 97.9 Å². The Hall–Kier alpha value is -4.58. The molecular weight excluding hydrogens is 538 g/mol. The molecule has 6 nitrogen and oxygen atoms in total. The summed E-state index contributed by atoms with van der Waals surface area (Å²) in [5, 5.41) is 4.05. The molecule has 0 saturated carbocycles. The molecule has 0 aliphatic rings. The van der Waals surface area contributed by atoms with E-state index in [1.165, 1.54) is 0 Å². The number of ketones is 1. The fourth-order valence-corrected chi connectivity index (χ4v) is 4.70. The summed E-state index contributed by atoms with van der Waals surface area (Å²) >= 11 is 0. The molecule has 6 heteroatoms. The van der Waals surface area contributed by atoms with Gasteiger partial charge in [0.25, 0.3) is 0 Å². The third kappa shape index (κ3) is 10.3. The largest absolute Gasteiger partial charge is 0.426 e. The Bertz CT molecular complexity index is 1390. The van der Waals surface area contributed by atoms with Gasteiger partial charge in [0, 0.05) is 11.1 Å². The summed E-state index contributed by atoms with van der Waals surface area (Å²) in [7, 11) is 0. The molecule has 0 amide bonds. The molecule has 3 atom stereocenters. The van der Waals surface area contributed by atoms with E-state index in [1.807, 2.05) is 61.5 Å². The van der Waals surface area contributed by atoms with Crippen molar-refractivity contribution in [3.05, 3.63) is 126 Å². The highest BCUT2D eigenvalue weighted by Crippen LogP contribution is 2.28. The fraction of sp³-hybridized carbons (Fsp3) is 0.297. The maximum Gasteiger partial charge on any atom is 0.338 e. The topological polar surface area (TPSA) is 82.0 Å². The van der Waals surface area contributed by atoms with Crippen molar-refractivity contribution >= 4 is 23.4 Å². The molecule has 0 spiro atoms. The second-order valence-electron chi connectivity index (χ2n) is 10.5. The average molecular weight is 580 g/mol. The van der Waals surface area contributed by atoms with Crippen LogP contribution >= 0.6 is 0 Å². The molecule has 0 saturated heterocycles. The molecule has 3 unspecified atom stereocenters. The lowest BCUT2D eigenvalue weighted by molar-refractivity contribution is -0.150. The fourth-order valence-electron chi connectivity index (χ4n) is 4.70. The SMILES string of the molecule is C=CC(C/C=C/CC)CC(CC(CC)C(=O)ON=C(C)c1ccccc1)C(=O)Oc1ccc(C(=O)c2ccccc2)cc1. The van der Waals surface area contributed by atoms with E-state index in [-0.39, 0.29) is 18.1 Å². The molecule has 3 aromatic carbocycles. The first-order chi connectivity index (χ1) is 20.9. The van der Waals surface area contributed by atoms with Gasteiger partial charge in [-0.2, -0.15) is 0 Å². The second-order valence-corrected chi connectivity index (χ2v) is 10.5. The number of hydrogen-bond acceptors (Lipinski definition) is 6. The molecule has 0 fully saturated rings. The number of benzene rings is 3. The molecule has 0 N–H and O–H groups in total. The van der Waals surface area contributed by atoms with Crippen LogP contribution in [0.3, 0.4) is 0 Å². The number of oxime groups is 1. The molecule has 0 aliphatic carbocycles. The van der Waals surface area contributed by atoms with Crippen LogP contribution in [0.4, 0.5) is 0 Å². The van der Waals surface area contributed by atoms with E-state index in [9.17, 15) is 14.4 Å². The minimum atomic E-state index is -0.583. The van der Waals surface area contributed by atoms with Gasteiger partial charge in [0.05, 0.1) is 17.5 Å². The van der Waals surface area contributed by atoms with E-state index in [4.69, 9.17) is 9.57 Å². The minimum absolute atomic E-state index is 0.0260. The molecule has 0 aromatic heterocycles. The molecule has 224 valence electrons. The van der Waals surface area contributed by atoms with Crippen LogP contribution in [-0.2, 0) is 14.4 Å². The standard InChI is InChI=1S/C37H41NO5/c1-5-8-11-16-28(6-2)25-33(26-29(7-3)37(41)43-38-27(4)30-17-12-9-13-18-30)36(40)42-34-23-21-32(22-24-34)35(39)31-19-14-10-15-20-31/h6,8-15,17-24,28-29,33H,2,5,7,16,25-26H2,1,3-4H3/b11-8+,38-27?. The van der Waals surface area contributed by atoms with Crippen LogP contribution in [0.15, 0.2) is 115 Å². The van der Waals surface area contributed by atoms with Gasteiger partial charge in [0.1, 0.15) is 5.75 Å². The Morgan fingerprint density at radius 2 is 1.37 bits per heavy atom. The van der Waals surface area contributed by atoms with Crippen molar-refractivity contribution in [2.24, 2.45) is 22.9 Å². The molecule has 3 aromatic rings. The summed E-state index contributed by atoms with van der Waals surface area (Å²) in [5.41, 5.74) is 2.52. The van der Waals surface area contributed by atoms with Gasteiger partial charge in [0.2, 0.25) is 0 Å². The lowest BCUT2D eigenvalue weighted by atomic mass is 9.84. The third-order valence-electron chi connectivity index (χ3n) is 7.33. The number of carbonyl (C=O) groups is 3. The summed E-state index contributed by atoms with van der Waals surface area (Å²) in [4.78, 5) is 44.7. The van der Waals surface area contributed by atoms with Crippen molar-refractivity contribution in [1.29, 1.82) is 0 Å². The summed E-state index contributed by atoms with van der Waals surface area (Å²) in [5.74, 6) is -1.81. The number of rotatable bonds is 16. The monoisotopic (exact) mass is 579 g/mol. The molecule has 0 heterocycles. The Morgan fingerprint density at radius 3 is 1.95 bits per heavy atom. The van der Waals surface area contributed by atoms with Crippen molar-refractivity contribution in [3.63, 3.8) is 0 Å². The molecule has 43 heavy (non-hydrogen) atoms. The molecule has 0 aliphatic heterocycles. The first kappa shape index (κ1) is 32.9. The van der Waals surface area contributed by atoms with Gasteiger partial charge >= 0.3 is 11.9 Å². The number of carbonyl (C=O) groups excluding carboxylic acids is 3. The van der Waals surface area contributed by atoms with Crippen molar-refractivity contribution in [2.75, 3.05) is 0 Å². The van der Waals surface area contributed by atoms with Crippen LogP contribution in [0.2, 0.25) is 0 Å². The highest BCUT2D eigenvalue weighted by atomic mass is 16.7. The van der Waals surface area contributed by atoms with E-state index in [2.05, 4.69) is 30.8 Å². The molecule has 3 rings (SSSR count). The number of allylic oxidation sites excluding steroid dienone is 3. The predicted molar refractivity (Wildman–Crippen MR) is 171 cm³/mol. The summed E-state index contributed by atoms with van der Waals surface area (Å²) in [6.07, 6.45) is 8.87. The smallest absolute Gasteiger partial charge is 0.338 e.